The van der Waals surface area contributed by atoms with Crippen LogP contribution in [0.1, 0.15) is 10.4 Å². The minimum atomic E-state index is -2.93. The molecule has 5 heterocycles. The maximum absolute atomic E-state index is 13.1. The molecule has 8 nitrogen and oxygen atoms in total. The van der Waals surface area contributed by atoms with Gasteiger partial charge in [-0.2, -0.15) is 18.9 Å². The largest absolute Gasteiger partial charge is 0.417 e. The number of nitrogens with zero attached hydrogens (tertiary/aromatic N) is 5. The summed E-state index contributed by atoms with van der Waals surface area (Å²) in [5, 5.41) is 5.09. The number of nitrogens with one attached hydrogen (secondary N) is 1. The van der Waals surface area contributed by atoms with E-state index in [0.29, 0.717) is 29.8 Å². The van der Waals surface area contributed by atoms with Gasteiger partial charge < -0.3 is 19.5 Å². The van der Waals surface area contributed by atoms with Crippen LogP contribution in [0.2, 0.25) is 0 Å². The van der Waals surface area contributed by atoms with E-state index in [9.17, 15) is 13.6 Å². The lowest BCUT2D eigenvalue weighted by molar-refractivity contribution is -0.0526. The minimum absolute atomic E-state index is 0.0327. The Balaban J connectivity index is 1.50. The van der Waals surface area contributed by atoms with Gasteiger partial charge in [0.25, 0.3) is 5.91 Å². The highest BCUT2D eigenvalue weighted by Gasteiger charge is 2.23. The number of rotatable bonds is 4. The zero-order valence-electron chi connectivity index (χ0n) is 16.8. The third-order valence-corrected chi connectivity index (χ3v) is 5.58. The van der Waals surface area contributed by atoms with Crippen molar-refractivity contribution in [1.29, 1.82) is 0 Å². The fourth-order valence-corrected chi connectivity index (χ4v) is 3.88. The summed E-state index contributed by atoms with van der Waals surface area (Å²) in [5.41, 5.74) is 3.40. The van der Waals surface area contributed by atoms with Crippen LogP contribution in [0.15, 0.2) is 42.9 Å². The SMILES string of the molecule is CN1CCN(C(=O)c2cnn3ccc(-c4c[nH]c5nc(OC(F)F)ccc45)cc23)CC1. The Morgan fingerprint density at radius 2 is 2.00 bits per heavy atom. The van der Waals surface area contributed by atoms with Crippen molar-refractivity contribution < 1.29 is 18.3 Å². The lowest BCUT2D eigenvalue weighted by Gasteiger charge is -2.32. The Hall–Kier alpha value is -3.53. The smallest absolute Gasteiger partial charge is 0.388 e. The second-order valence-electron chi connectivity index (χ2n) is 7.53. The van der Waals surface area contributed by atoms with Gasteiger partial charge in [0.05, 0.1) is 17.3 Å². The number of carbonyl (C=O) groups excluding carboxylic acids is 1. The van der Waals surface area contributed by atoms with Gasteiger partial charge in [0.1, 0.15) is 5.65 Å². The normalized spacial score (nSPS) is 15.3. The van der Waals surface area contributed by atoms with E-state index in [4.69, 9.17) is 0 Å². The first-order chi connectivity index (χ1) is 15.0. The number of amides is 1. The van der Waals surface area contributed by atoms with E-state index in [0.717, 1.165) is 29.6 Å². The first kappa shape index (κ1) is 19.4. The molecule has 31 heavy (non-hydrogen) atoms. The van der Waals surface area contributed by atoms with Crippen LogP contribution >= 0.6 is 0 Å². The fraction of sp³-hybridized carbons (Fsp3) is 0.286. The Labute approximate surface area is 176 Å². The summed E-state index contributed by atoms with van der Waals surface area (Å²) in [7, 11) is 2.04. The monoisotopic (exact) mass is 426 g/mol. The number of ether oxygens (including phenoxy) is 1. The van der Waals surface area contributed by atoms with Crippen LogP contribution in [-0.4, -0.2) is 75.1 Å². The van der Waals surface area contributed by atoms with Crippen LogP contribution in [0.25, 0.3) is 27.7 Å². The average molecular weight is 426 g/mol. The van der Waals surface area contributed by atoms with Gasteiger partial charge in [-0.1, -0.05) is 0 Å². The second kappa shape index (κ2) is 7.62. The van der Waals surface area contributed by atoms with Gasteiger partial charge in [-0.25, -0.2) is 4.52 Å². The zero-order chi connectivity index (χ0) is 21.5. The maximum atomic E-state index is 13.1. The number of alkyl halides is 2. The number of piperazine rings is 1. The molecule has 1 aliphatic rings. The molecule has 0 bridgehead atoms. The number of halogens is 2. The maximum Gasteiger partial charge on any atom is 0.388 e. The van der Waals surface area contributed by atoms with E-state index in [1.807, 2.05) is 24.1 Å². The molecule has 4 aromatic heterocycles. The van der Waals surface area contributed by atoms with Crippen molar-refractivity contribution in [3.63, 3.8) is 0 Å². The molecule has 1 aliphatic heterocycles. The topological polar surface area (TPSA) is 78.8 Å². The van der Waals surface area contributed by atoms with Crippen LogP contribution in [0.5, 0.6) is 5.88 Å². The third kappa shape index (κ3) is 3.59. The van der Waals surface area contributed by atoms with Gasteiger partial charge in [0.2, 0.25) is 5.88 Å². The van der Waals surface area contributed by atoms with Crippen LogP contribution in [0.4, 0.5) is 8.78 Å². The molecule has 0 spiro atoms. The van der Waals surface area contributed by atoms with Crippen LogP contribution < -0.4 is 4.74 Å². The number of carbonyl (C=O) groups is 1. The summed E-state index contributed by atoms with van der Waals surface area (Å²) in [6.07, 6.45) is 5.16. The molecule has 0 aromatic carbocycles. The second-order valence-corrected chi connectivity index (χ2v) is 7.53. The number of aromatic nitrogens is 4. The Bertz CT molecular complexity index is 1260. The highest BCUT2D eigenvalue weighted by Crippen LogP contribution is 2.30. The van der Waals surface area contributed by atoms with E-state index in [1.54, 1.807) is 29.2 Å². The van der Waals surface area contributed by atoms with Crippen molar-refractivity contribution >= 4 is 22.5 Å². The molecule has 160 valence electrons. The van der Waals surface area contributed by atoms with Crippen LogP contribution in [0.3, 0.4) is 0 Å². The van der Waals surface area contributed by atoms with Gasteiger partial charge in [-0.15, -0.1) is 0 Å². The molecule has 0 radical (unpaired) electrons. The minimum Gasteiger partial charge on any atom is -0.417 e. The van der Waals surface area contributed by atoms with E-state index in [1.165, 1.54) is 6.07 Å². The summed E-state index contributed by atoms with van der Waals surface area (Å²) in [6, 6.07) is 6.88. The van der Waals surface area contributed by atoms with E-state index >= 15 is 0 Å². The van der Waals surface area contributed by atoms with E-state index < -0.39 is 6.61 Å². The van der Waals surface area contributed by atoms with E-state index in [-0.39, 0.29) is 11.8 Å². The Kier molecular flexibility index (Phi) is 4.78. The first-order valence-corrected chi connectivity index (χ1v) is 9.88. The molecule has 1 fully saturated rings. The molecule has 1 N–H and O–H groups in total. The van der Waals surface area contributed by atoms with Crippen LogP contribution in [-0.2, 0) is 0 Å². The summed E-state index contributed by atoms with van der Waals surface area (Å²) in [5.74, 6) is -0.183. The van der Waals surface area contributed by atoms with Gasteiger partial charge >= 0.3 is 6.61 Å². The number of likely N-dealkylation sites (N-methyl/N-ethyl adjacent to an activating group) is 1. The van der Waals surface area contributed by atoms with Gasteiger partial charge in [-0.05, 0) is 30.8 Å². The van der Waals surface area contributed by atoms with Crippen molar-refractivity contribution in [2.75, 3.05) is 33.2 Å². The first-order valence-electron chi connectivity index (χ1n) is 9.88. The predicted molar refractivity (Wildman–Crippen MR) is 110 cm³/mol. The summed E-state index contributed by atoms with van der Waals surface area (Å²) in [4.78, 5) is 24.2. The summed E-state index contributed by atoms with van der Waals surface area (Å²) in [6.45, 7) is 0.124. The van der Waals surface area contributed by atoms with Crippen LogP contribution in [0, 0.1) is 0 Å². The number of hydrogen-bond donors (Lipinski definition) is 1. The Morgan fingerprint density at radius 3 is 2.77 bits per heavy atom. The molecule has 0 saturated carbocycles. The molecule has 4 aromatic rings. The summed E-state index contributed by atoms with van der Waals surface area (Å²) < 4.78 is 30.9. The average Bonchev–Trinajstić information content (AvgIpc) is 3.36. The molecule has 1 saturated heterocycles. The van der Waals surface area contributed by atoms with Crippen molar-refractivity contribution in [1.82, 2.24) is 29.4 Å². The van der Waals surface area contributed by atoms with Gasteiger partial charge in [-0.3, -0.25) is 4.79 Å². The number of hydrogen-bond acceptors (Lipinski definition) is 5. The molecule has 5 rings (SSSR count). The van der Waals surface area contributed by atoms with Crippen molar-refractivity contribution in [2.45, 2.75) is 6.61 Å². The molecular weight excluding hydrogens is 406 g/mol. The molecule has 1 amide bonds. The fourth-order valence-electron chi connectivity index (χ4n) is 3.88. The highest BCUT2D eigenvalue weighted by atomic mass is 19.3. The quantitative estimate of drug-likeness (QED) is 0.543. The Morgan fingerprint density at radius 1 is 1.19 bits per heavy atom. The molecule has 0 unspecified atom stereocenters. The highest BCUT2D eigenvalue weighted by molar-refractivity contribution is 6.02. The zero-order valence-corrected chi connectivity index (χ0v) is 16.8. The van der Waals surface area contributed by atoms with Gasteiger partial charge in [0, 0.05) is 55.6 Å². The molecule has 0 atom stereocenters. The predicted octanol–water partition coefficient (Wildman–Crippen LogP) is 2.87. The molecule has 0 aliphatic carbocycles. The van der Waals surface area contributed by atoms with Crippen molar-refractivity contribution in [3.8, 4) is 17.0 Å². The number of aromatic amines is 1. The lowest BCUT2D eigenvalue weighted by Crippen LogP contribution is -2.47. The van der Waals surface area contributed by atoms with E-state index in [2.05, 4.69) is 24.7 Å². The standard InChI is InChI=1S/C21H20F2N6O2/c1-27-6-8-28(9-7-27)20(30)16-12-25-29-5-4-13(10-17(16)29)15-11-24-19-14(15)2-3-18(26-19)31-21(22)23/h2-5,10-12,21H,6-9H2,1H3,(H,24,26). The lowest BCUT2D eigenvalue weighted by atomic mass is 10.1. The van der Waals surface area contributed by atoms with Crippen molar-refractivity contribution in [3.05, 3.63) is 48.4 Å². The number of pyridine rings is 2. The molecule has 10 heteroatoms. The van der Waals surface area contributed by atoms with Gasteiger partial charge in [0.15, 0.2) is 0 Å². The summed E-state index contributed by atoms with van der Waals surface area (Å²) >= 11 is 0. The molecular formula is C21H20F2N6O2. The number of fused-ring (bicyclic) bond motifs is 2. The third-order valence-electron chi connectivity index (χ3n) is 5.58. The van der Waals surface area contributed by atoms with Crippen molar-refractivity contribution in [2.24, 2.45) is 0 Å². The number of H-pyrrole nitrogens is 1.